The summed E-state index contributed by atoms with van der Waals surface area (Å²) >= 11 is 1.64. The molecule has 1 saturated heterocycles. The number of hydrogen-bond donors (Lipinski definition) is 2. The molecule has 0 aromatic carbocycles. The van der Waals surface area contributed by atoms with Gasteiger partial charge in [0.15, 0.2) is 0 Å². The summed E-state index contributed by atoms with van der Waals surface area (Å²) in [5.74, 6) is -0.804. The first-order chi connectivity index (χ1) is 18.8. The van der Waals surface area contributed by atoms with Gasteiger partial charge in [0, 0.05) is 62.9 Å². The Morgan fingerprint density at radius 3 is 2.64 bits per heavy atom. The number of aliphatic carboxylic acids is 1. The van der Waals surface area contributed by atoms with Crippen LogP contribution in [-0.4, -0.2) is 74.7 Å². The van der Waals surface area contributed by atoms with Crippen LogP contribution in [0.25, 0.3) is 6.08 Å². The molecule has 204 valence electrons. The molecule has 0 radical (unpaired) electrons. The van der Waals surface area contributed by atoms with Crippen LogP contribution in [-0.2, 0) is 32.0 Å². The predicted molar refractivity (Wildman–Crippen MR) is 146 cm³/mol. The fourth-order valence-corrected chi connectivity index (χ4v) is 6.06. The molecule has 0 aliphatic carbocycles. The molecule has 0 atom stereocenters. The van der Waals surface area contributed by atoms with E-state index in [0.717, 1.165) is 29.0 Å². The number of pyridine rings is 1. The molecule has 10 nitrogen and oxygen atoms in total. The van der Waals surface area contributed by atoms with Crippen molar-refractivity contribution in [3.05, 3.63) is 57.7 Å². The van der Waals surface area contributed by atoms with Crippen molar-refractivity contribution in [1.29, 1.82) is 0 Å². The fraction of sp³-hybridized carbons (Fsp3) is 0.429. The Morgan fingerprint density at radius 1 is 1.13 bits per heavy atom. The van der Waals surface area contributed by atoms with E-state index in [4.69, 9.17) is 5.11 Å². The number of anilines is 1. The number of fused-ring (bicyclic) bond motifs is 1. The lowest BCUT2D eigenvalue weighted by molar-refractivity contribution is -0.142. The van der Waals surface area contributed by atoms with Gasteiger partial charge in [0.2, 0.25) is 17.7 Å². The van der Waals surface area contributed by atoms with Crippen molar-refractivity contribution in [1.82, 2.24) is 19.8 Å². The standard InChI is InChI=1S/C28H31N5O5S/c34-23(32-10-5-19(6-11-32)16-22-29-9-14-39-22)2-1-20-15-21-17-28(27(38)31-26(21)30-18-20)7-12-33(13-8-28)24(35)3-4-25(36)37/h1-2,5,9,14-15,18H,3-4,6-8,10-13,16-17H2,(H,36,37)(H,30,31,38). The second-order valence-electron chi connectivity index (χ2n) is 10.3. The van der Waals surface area contributed by atoms with E-state index < -0.39 is 11.4 Å². The molecule has 0 saturated carbocycles. The third-order valence-electron chi connectivity index (χ3n) is 7.75. The van der Waals surface area contributed by atoms with E-state index in [9.17, 15) is 19.2 Å². The first-order valence-corrected chi connectivity index (χ1v) is 14.0. The fourth-order valence-electron chi connectivity index (χ4n) is 5.39. The zero-order valence-electron chi connectivity index (χ0n) is 21.6. The van der Waals surface area contributed by atoms with Crippen LogP contribution in [0.15, 0.2) is 41.6 Å². The molecule has 3 aliphatic heterocycles. The number of carboxylic acid groups (broad SMARTS) is 1. The number of nitrogens with one attached hydrogen (secondary N) is 1. The number of thiazole rings is 1. The van der Waals surface area contributed by atoms with Crippen LogP contribution in [0, 0.1) is 5.41 Å². The number of likely N-dealkylation sites (tertiary alicyclic amines) is 1. The highest BCUT2D eigenvalue weighted by Crippen LogP contribution is 2.41. The Hall–Kier alpha value is -3.86. The lowest BCUT2D eigenvalue weighted by Crippen LogP contribution is -2.51. The summed E-state index contributed by atoms with van der Waals surface area (Å²) in [6.45, 7) is 2.08. The number of nitrogens with zero attached hydrogens (tertiary/aromatic N) is 4. The molecular formula is C28H31N5O5S. The average Bonchev–Trinajstić information content (AvgIpc) is 3.45. The average molecular weight is 550 g/mol. The van der Waals surface area contributed by atoms with Crippen molar-refractivity contribution in [3.63, 3.8) is 0 Å². The van der Waals surface area contributed by atoms with Crippen molar-refractivity contribution >= 4 is 46.9 Å². The lowest BCUT2D eigenvalue weighted by atomic mass is 9.71. The monoisotopic (exact) mass is 549 g/mol. The van der Waals surface area contributed by atoms with Gasteiger partial charge in [-0.1, -0.05) is 11.6 Å². The van der Waals surface area contributed by atoms with Gasteiger partial charge in [0.1, 0.15) is 5.82 Å². The Morgan fingerprint density at radius 2 is 1.95 bits per heavy atom. The Balaban J connectivity index is 1.18. The van der Waals surface area contributed by atoms with E-state index in [2.05, 4.69) is 21.4 Å². The van der Waals surface area contributed by atoms with E-state index in [1.807, 2.05) is 22.5 Å². The first-order valence-electron chi connectivity index (χ1n) is 13.1. The normalized spacial score (nSPS) is 18.6. The summed E-state index contributed by atoms with van der Waals surface area (Å²) in [4.78, 5) is 61.1. The minimum Gasteiger partial charge on any atom is -0.481 e. The van der Waals surface area contributed by atoms with Gasteiger partial charge in [-0.3, -0.25) is 19.2 Å². The van der Waals surface area contributed by atoms with Crippen molar-refractivity contribution in [3.8, 4) is 0 Å². The second kappa shape index (κ2) is 11.5. The molecule has 3 aliphatic rings. The highest BCUT2D eigenvalue weighted by molar-refractivity contribution is 7.09. The molecule has 2 aromatic heterocycles. The number of hydrogen-bond acceptors (Lipinski definition) is 7. The number of carbonyl (C=O) groups excluding carboxylic acids is 3. The summed E-state index contributed by atoms with van der Waals surface area (Å²) in [5, 5.41) is 14.8. The number of carboxylic acids is 1. The molecule has 39 heavy (non-hydrogen) atoms. The van der Waals surface area contributed by atoms with E-state index in [1.54, 1.807) is 34.6 Å². The highest BCUT2D eigenvalue weighted by Gasteiger charge is 2.45. The van der Waals surface area contributed by atoms with Crippen LogP contribution in [0.1, 0.15) is 48.2 Å². The smallest absolute Gasteiger partial charge is 0.303 e. The third-order valence-corrected chi connectivity index (χ3v) is 8.53. The Labute approximate surface area is 230 Å². The van der Waals surface area contributed by atoms with Crippen LogP contribution >= 0.6 is 11.3 Å². The molecule has 2 aromatic rings. The summed E-state index contributed by atoms with van der Waals surface area (Å²) in [5.41, 5.74) is 2.37. The van der Waals surface area contributed by atoms with Gasteiger partial charge < -0.3 is 20.2 Å². The van der Waals surface area contributed by atoms with Crippen LogP contribution in [0.5, 0.6) is 0 Å². The molecular weight excluding hydrogens is 518 g/mol. The van der Waals surface area contributed by atoms with E-state index >= 15 is 0 Å². The van der Waals surface area contributed by atoms with Gasteiger partial charge in [-0.25, -0.2) is 9.97 Å². The zero-order chi connectivity index (χ0) is 27.4. The van der Waals surface area contributed by atoms with Crippen molar-refractivity contribution in [2.75, 3.05) is 31.5 Å². The SMILES string of the molecule is O=C(O)CCC(=O)N1CCC2(CC1)Cc1cc(C=CC(=O)N3CC=C(Cc4nccs4)CC3)cnc1NC2=O. The van der Waals surface area contributed by atoms with Crippen molar-refractivity contribution in [2.24, 2.45) is 5.41 Å². The summed E-state index contributed by atoms with van der Waals surface area (Å²) in [6.07, 6.45) is 11.9. The molecule has 0 bridgehead atoms. The van der Waals surface area contributed by atoms with Crippen molar-refractivity contribution < 1.29 is 24.3 Å². The van der Waals surface area contributed by atoms with E-state index in [0.29, 0.717) is 51.3 Å². The minimum absolute atomic E-state index is 0.0306. The van der Waals surface area contributed by atoms with Crippen molar-refractivity contribution in [2.45, 2.75) is 44.9 Å². The van der Waals surface area contributed by atoms with Gasteiger partial charge in [0.25, 0.3) is 0 Å². The maximum absolute atomic E-state index is 13.0. The molecule has 3 amide bonds. The topological polar surface area (TPSA) is 133 Å². The summed E-state index contributed by atoms with van der Waals surface area (Å²) < 4.78 is 0. The number of aromatic nitrogens is 2. The Bertz CT molecular complexity index is 1330. The summed E-state index contributed by atoms with van der Waals surface area (Å²) in [7, 11) is 0. The molecule has 2 N–H and O–H groups in total. The Kier molecular flexibility index (Phi) is 7.87. The largest absolute Gasteiger partial charge is 0.481 e. The zero-order valence-corrected chi connectivity index (χ0v) is 22.4. The van der Waals surface area contributed by atoms with Crippen LogP contribution in [0.4, 0.5) is 5.82 Å². The van der Waals surface area contributed by atoms with Gasteiger partial charge in [0.05, 0.1) is 16.8 Å². The minimum atomic E-state index is -0.997. The molecule has 1 fully saturated rings. The maximum Gasteiger partial charge on any atom is 0.303 e. The highest BCUT2D eigenvalue weighted by atomic mass is 32.1. The summed E-state index contributed by atoms with van der Waals surface area (Å²) in [6, 6.07) is 1.96. The third kappa shape index (κ3) is 6.25. The second-order valence-corrected chi connectivity index (χ2v) is 11.3. The molecule has 11 heteroatoms. The lowest BCUT2D eigenvalue weighted by Gasteiger charge is -2.43. The van der Waals surface area contributed by atoms with E-state index in [1.165, 1.54) is 5.57 Å². The van der Waals surface area contributed by atoms with Gasteiger partial charge in [-0.05, 0) is 49.0 Å². The van der Waals surface area contributed by atoms with Gasteiger partial charge in [-0.15, -0.1) is 11.3 Å². The van der Waals surface area contributed by atoms with Crippen LogP contribution < -0.4 is 5.32 Å². The number of amides is 3. The number of carbonyl (C=O) groups is 4. The van der Waals surface area contributed by atoms with Gasteiger partial charge >= 0.3 is 5.97 Å². The number of piperidine rings is 1. The predicted octanol–water partition coefficient (Wildman–Crippen LogP) is 2.92. The first kappa shape index (κ1) is 26.7. The number of rotatable bonds is 7. The maximum atomic E-state index is 13.0. The molecule has 5 rings (SSSR count). The van der Waals surface area contributed by atoms with E-state index in [-0.39, 0.29) is 30.6 Å². The van der Waals surface area contributed by atoms with Crippen LogP contribution in [0.3, 0.4) is 0 Å². The van der Waals surface area contributed by atoms with Gasteiger partial charge in [-0.2, -0.15) is 0 Å². The molecule has 5 heterocycles. The molecule has 1 spiro atoms. The molecule has 0 unspecified atom stereocenters. The van der Waals surface area contributed by atoms with Crippen LogP contribution in [0.2, 0.25) is 0 Å². The quantitative estimate of drug-likeness (QED) is 0.401.